The van der Waals surface area contributed by atoms with E-state index in [-0.39, 0.29) is 23.6 Å². The lowest BCUT2D eigenvalue weighted by Crippen LogP contribution is -2.54. The standard InChI is InChI=1S/C33H34FN7O2/c1-7-27(42)39-13-14-40(21(6)17-39)31-23-15-25(34)29(28-19(4)11-12-26-24(28)16-35-38-26)36-32(23)41(33(43)37-31)30-20(5)9-8-10-22(30)18(2)3/h7-12,15-16,18,21H,1,13-14,17H2,2-6H3,(H,35,38)/t21-/m0/s1. The number of amides is 1. The van der Waals surface area contributed by atoms with Gasteiger partial charge in [0, 0.05) is 36.6 Å². The lowest BCUT2D eigenvalue weighted by atomic mass is 9.97. The Balaban J connectivity index is 1.67. The van der Waals surface area contributed by atoms with E-state index in [0.717, 1.165) is 27.6 Å². The minimum absolute atomic E-state index is 0.105. The lowest BCUT2D eigenvalue weighted by Gasteiger charge is -2.40. The number of aromatic amines is 1. The Hall–Kier alpha value is -4.86. The number of fused-ring (bicyclic) bond motifs is 2. The molecule has 0 saturated carbocycles. The minimum Gasteiger partial charge on any atom is -0.350 e. The number of carbonyl (C=O) groups excluding carboxylic acids is 1. The molecule has 2 aromatic carbocycles. The van der Waals surface area contributed by atoms with Gasteiger partial charge < -0.3 is 9.80 Å². The maximum atomic E-state index is 16.3. The maximum Gasteiger partial charge on any atom is 0.355 e. The van der Waals surface area contributed by atoms with Crippen molar-refractivity contribution >= 4 is 33.7 Å². The summed E-state index contributed by atoms with van der Waals surface area (Å²) in [6.45, 7) is 14.8. The van der Waals surface area contributed by atoms with E-state index in [4.69, 9.17) is 4.98 Å². The average Bonchev–Trinajstić information content (AvgIpc) is 3.46. The molecule has 10 heteroatoms. The number of carbonyl (C=O) groups is 1. The van der Waals surface area contributed by atoms with Crippen LogP contribution in [0, 0.1) is 19.7 Å². The second-order valence-corrected chi connectivity index (χ2v) is 11.5. The third-order valence-electron chi connectivity index (χ3n) is 8.37. The van der Waals surface area contributed by atoms with Crippen LogP contribution in [0.2, 0.25) is 0 Å². The fourth-order valence-corrected chi connectivity index (χ4v) is 6.20. The number of pyridine rings is 1. The fourth-order valence-electron chi connectivity index (χ4n) is 6.20. The smallest absolute Gasteiger partial charge is 0.350 e. The highest BCUT2D eigenvalue weighted by molar-refractivity contribution is 5.98. The molecule has 43 heavy (non-hydrogen) atoms. The van der Waals surface area contributed by atoms with Crippen molar-refractivity contribution in [1.29, 1.82) is 0 Å². The highest BCUT2D eigenvalue weighted by atomic mass is 19.1. The topological polar surface area (TPSA) is 100 Å². The van der Waals surface area contributed by atoms with Gasteiger partial charge >= 0.3 is 5.69 Å². The Morgan fingerprint density at radius 2 is 1.91 bits per heavy atom. The molecule has 1 N–H and O–H groups in total. The van der Waals surface area contributed by atoms with Gasteiger partial charge in [0.15, 0.2) is 5.65 Å². The predicted octanol–water partition coefficient (Wildman–Crippen LogP) is 5.43. The number of hydrogen-bond acceptors (Lipinski definition) is 6. The average molecular weight is 580 g/mol. The number of hydrogen-bond donors (Lipinski definition) is 1. The highest BCUT2D eigenvalue weighted by Crippen LogP contribution is 2.36. The number of rotatable bonds is 5. The molecule has 3 aromatic heterocycles. The van der Waals surface area contributed by atoms with Crippen LogP contribution in [-0.4, -0.2) is 61.2 Å². The molecule has 5 aromatic rings. The van der Waals surface area contributed by atoms with Crippen LogP contribution in [0.5, 0.6) is 0 Å². The molecule has 0 aliphatic carbocycles. The quantitative estimate of drug-likeness (QED) is 0.279. The van der Waals surface area contributed by atoms with Crippen molar-refractivity contribution in [3.8, 4) is 16.9 Å². The summed E-state index contributed by atoms with van der Waals surface area (Å²) >= 11 is 0. The van der Waals surface area contributed by atoms with E-state index < -0.39 is 11.5 Å². The van der Waals surface area contributed by atoms with Crippen molar-refractivity contribution < 1.29 is 9.18 Å². The third-order valence-corrected chi connectivity index (χ3v) is 8.37. The molecule has 4 heterocycles. The largest absolute Gasteiger partial charge is 0.355 e. The monoisotopic (exact) mass is 579 g/mol. The van der Waals surface area contributed by atoms with Crippen LogP contribution in [0.15, 0.2) is 60.0 Å². The van der Waals surface area contributed by atoms with Crippen molar-refractivity contribution in [1.82, 2.24) is 29.6 Å². The first kappa shape index (κ1) is 28.3. The molecule has 0 spiro atoms. The van der Waals surface area contributed by atoms with Crippen molar-refractivity contribution in [3.05, 3.63) is 88.2 Å². The number of piperazine rings is 1. The zero-order valence-electron chi connectivity index (χ0n) is 25.0. The van der Waals surface area contributed by atoms with E-state index in [9.17, 15) is 9.59 Å². The van der Waals surface area contributed by atoms with Gasteiger partial charge in [-0.25, -0.2) is 18.7 Å². The summed E-state index contributed by atoms with van der Waals surface area (Å²) in [6.07, 6.45) is 2.97. The Morgan fingerprint density at radius 1 is 1.12 bits per heavy atom. The lowest BCUT2D eigenvalue weighted by molar-refractivity contribution is -0.126. The number of benzene rings is 2. The second kappa shape index (κ2) is 10.8. The third kappa shape index (κ3) is 4.67. The SMILES string of the molecule is C=CC(=O)N1CCN(c2nc(=O)n(-c3c(C)cccc3C(C)C)c3nc(-c4c(C)ccc5[nH]ncc45)c(F)cc23)[C@@H](C)C1. The summed E-state index contributed by atoms with van der Waals surface area (Å²) in [5.74, 6) is -0.222. The number of nitrogens with zero attached hydrogens (tertiary/aromatic N) is 6. The molecular weight excluding hydrogens is 545 g/mol. The number of halogens is 1. The minimum atomic E-state index is -0.528. The highest BCUT2D eigenvalue weighted by Gasteiger charge is 2.30. The zero-order valence-corrected chi connectivity index (χ0v) is 25.0. The molecule has 0 radical (unpaired) electrons. The summed E-state index contributed by atoms with van der Waals surface area (Å²) in [5.41, 5.74) is 4.70. The van der Waals surface area contributed by atoms with Crippen molar-refractivity contribution in [2.24, 2.45) is 0 Å². The molecular formula is C33H34FN7O2. The van der Waals surface area contributed by atoms with Gasteiger partial charge in [-0.3, -0.25) is 9.89 Å². The van der Waals surface area contributed by atoms with Crippen LogP contribution in [0.3, 0.4) is 0 Å². The van der Waals surface area contributed by atoms with Gasteiger partial charge in [-0.15, -0.1) is 0 Å². The number of para-hydroxylation sites is 1. The molecule has 9 nitrogen and oxygen atoms in total. The normalized spacial score (nSPS) is 15.6. The molecule has 1 aliphatic heterocycles. The Morgan fingerprint density at radius 3 is 2.63 bits per heavy atom. The summed E-state index contributed by atoms with van der Waals surface area (Å²) in [5, 5.41) is 8.29. The molecule has 1 atom stereocenters. The Kier molecular flexibility index (Phi) is 7.07. The van der Waals surface area contributed by atoms with Gasteiger partial charge in [-0.2, -0.15) is 10.1 Å². The van der Waals surface area contributed by atoms with Crippen molar-refractivity contribution in [3.63, 3.8) is 0 Å². The summed E-state index contributed by atoms with van der Waals surface area (Å²) in [6, 6.07) is 11.0. The fraction of sp³-hybridized carbons (Fsp3) is 0.303. The van der Waals surface area contributed by atoms with Gasteiger partial charge in [-0.05, 0) is 61.6 Å². The number of nitrogens with one attached hydrogen (secondary N) is 1. The van der Waals surface area contributed by atoms with Gasteiger partial charge in [0.05, 0.1) is 22.8 Å². The Bertz CT molecular complexity index is 1980. The number of H-pyrrole nitrogens is 1. The maximum absolute atomic E-state index is 16.3. The van der Waals surface area contributed by atoms with E-state index in [1.165, 1.54) is 16.7 Å². The van der Waals surface area contributed by atoms with Crippen LogP contribution in [-0.2, 0) is 4.79 Å². The van der Waals surface area contributed by atoms with Crippen molar-refractivity contribution in [2.75, 3.05) is 24.5 Å². The molecule has 1 aliphatic rings. The van der Waals surface area contributed by atoms with Crippen LogP contribution < -0.4 is 10.6 Å². The second-order valence-electron chi connectivity index (χ2n) is 11.5. The molecule has 0 unspecified atom stereocenters. The number of aromatic nitrogens is 5. The summed E-state index contributed by atoms with van der Waals surface area (Å²) < 4.78 is 17.8. The van der Waals surface area contributed by atoms with E-state index in [2.05, 4.69) is 35.6 Å². The van der Waals surface area contributed by atoms with Gasteiger partial charge in [-0.1, -0.05) is 44.7 Å². The molecule has 1 fully saturated rings. The van der Waals surface area contributed by atoms with Crippen LogP contribution in [0.1, 0.15) is 43.4 Å². The van der Waals surface area contributed by atoms with Crippen LogP contribution in [0.4, 0.5) is 10.2 Å². The molecule has 1 saturated heterocycles. The molecule has 220 valence electrons. The first-order valence-corrected chi connectivity index (χ1v) is 14.4. The Labute approximate surface area is 248 Å². The first-order chi connectivity index (χ1) is 20.6. The molecule has 6 rings (SSSR count). The van der Waals surface area contributed by atoms with Crippen molar-refractivity contribution in [2.45, 2.75) is 46.6 Å². The van der Waals surface area contributed by atoms with E-state index in [0.29, 0.717) is 47.7 Å². The predicted molar refractivity (Wildman–Crippen MR) is 167 cm³/mol. The molecule has 1 amide bonds. The van der Waals surface area contributed by atoms with Crippen LogP contribution in [0.25, 0.3) is 38.9 Å². The van der Waals surface area contributed by atoms with Crippen LogP contribution >= 0.6 is 0 Å². The summed E-state index contributed by atoms with van der Waals surface area (Å²) in [4.78, 5) is 39.6. The zero-order chi connectivity index (χ0) is 30.6. The number of anilines is 1. The number of aryl methyl sites for hydroxylation is 2. The van der Waals surface area contributed by atoms with Gasteiger partial charge in [0.25, 0.3) is 0 Å². The van der Waals surface area contributed by atoms with E-state index in [1.807, 2.05) is 56.0 Å². The molecule has 0 bridgehead atoms. The van der Waals surface area contributed by atoms with E-state index in [1.54, 1.807) is 11.1 Å². The van der Waals surface area contributed by atoms with Gasteiger partial charge in [0.1, 0.15) is 17.3 Å². The summed E-state index contributed by atoms with van der Waals surface area (Å²) in [7, 11) is 0. The van der Waals surface area contributed by atoms with E-state index >= 15 is 4.39 Å². The van der Waals surface area contributed by atoms with Gasteiger partial charge in [0.2, 0.25) is 5.91 Å². The first-order valence-electron chi connectivity index (χ1n) is 14.4.